The Balaban J connectivity index is 1.93. The smallest absolute Gasteiger partial charge is 0.420 e. The minimum atomic E-state index is -4.72. The zero-order valence-electron chi connectivity index (χ0n) is 16.3. The van der Waals surface area contributed by atoms with Gasteiger partial charge in [0.05, 0.1) is 24.2 Å². The highest BCUT2D eigenvalue weighted by atomic mass is 19.4. The lowest BCUT2D eigenvalue weighted by molar-refractivity contribution is -0.185. The molecular formula is C21H23F6NO2. The number of rotatable bonds is 4. The predicted octanol–water partition coefficient (Wildman–Crippen LogP) is 5.52. The second-order valence-corrected chi connectivity index (χ2v) is 8.08. The molecule has 166 valence electrons. The molecule has 2 aromatic carbocycles. The molecule has 0 radical (unpaired) electrons. The third-order valence-electron chi connectivity index (χ3n) is 5.68. The van der Waals surface area contributed by atoms with Gasteiger partial charge in [-0.15, -0.1) is 0 Å². The molecule has 1 aliphatic carbocycles. The number of hydrogen-bond donors (Lipinski definition) is 2. The molecule has 0 amide bonds. The maximum absolute atomic E-state index is 13.9. The lowest BCUT2D eigenvalue weighted by Gasteiger charge is -2.31. The Labute approximate surface area is 169 Å². The average Bonchev–Trinajstić information content (AvgIpc) is 2.66. The topological polar surface area (TPSA) is 55.5 Å². The highest BCUT2D eigenvalue weighted by Crippen LogP contribution is 2.44. The van der Waals surface area contributed by atoms with Gasteiger partial charge in [-0.25, -0.2) is 0 Å². The molecule has 0 aliphatic heterocycles. The van der Waals surface area contributed by atoms with Crippen molar-refractivity contribution >= 4 is 10.8 Å². The van der Waals surface area contributed by atoms with Gasteiger partial charge in [-0.05, 0) is 61.1 Å². The SMILES string of the molecule is C[C@](N)(CO)c1ccc2c(C(F)(F)F)c(OC3CCC(C(F)(F)F)CC3)ccc2c1. The number of hydrogen-bond acceptors (Lipinski definition) is 3. The standard InChI is InChI=1S/C21H23F6NO2/c1-19(28,11-29)14-5-8-16-12(10-14)2-9-17(18(16)21(25,26)27)30-15-6-3-13(4-7-15)20(22,23)24/h2,5,8-10,13,15,29H,3-4,6-7,11,28H2,1H3/t13?,15?,19-/m0/s1. The molecule has 0 heterocycles. The molecule has 9 heteroatoms. The molecule has 0 saturated heterocycles. The second-order valence-electron chi connectivity index (χ2n) is 8.08. The highest BCUT2D eigenvalue weighted by Gasteiger charge is 2.42. The molecule has 0 spiro atoms. The van der Waals surface area contributed by atoms with Crippen LogP contribution in [-0.4, -0.2) is 24.0 Å². The first kappa shape index (κ1) is 22.7. The Morgan fingerprint density at radius 3 is 2.17 bits per heavy atom. The highest BCUT2D eigenvalue weighted by molar-refractivity contribution is 5.89. The summed E-state index contributed by atoms with van der Waals surface area (Å²) < 4.78 is 85.6. The number of ether oxygens (including phenoxy) is 1. The van der Waals surface area contributed by atoms with E-state index in [2.05, 4.69) is 0 Å². The predicted molar refractivity (Wildman–Crippen MR) is 100 cm³/mol. The summed E-state index contributed by atoms with van der Waals surface area (Å²) in [4.78, 5) is 0. The van der Waals surface area contributed by atoms with Crippen molar-refractivity contribution < 1.29 is 36.2 Å². The first-order chi connectivity index (χ1) is 13.8. The van der Waals surface area contributed by atoms with Crippen LogP contribution in [0.1, 0.15) is 43.7 Å². The van der Waals surface area contributed by atoms with E-state index in [9.17, 15) is 31.4 Å². The van der Waals surface area contributed by atoms with E-state index in [0.29, 0.717) is 5.56 Å². The summed E-state index contributed by atoms with van der Waals surface area (Å²) in [7, 11) is 0. The van der Waals surface area contributed by atoms with Gasteiger partial charge in [0.15, 0.2) is 0 Å². The zero-order chi connectivity index (χ0) is 22.3. The Hall–Kier alpha value is -2.00. The van der Waals surface area contributed by atoms with Gasteiger partial charge in [0.2, 0.25) is 0 Å². The monoisotopic (exact) mass is 435 g/mol. The summed E-state index contributed by atoms with van der Waals surface area (Å²) in [5.41, 5.74) is 4.37. The van der Waals surface area contributed by atoms with Gasteiger partial charge in [-0.1, -0.05) is 18.2 Å². The molecule has 2 aromatic rings. The van der Waals surface area contributed by atoms with Gasteiger partial charge in [0.1, 0.15) is 11.3 Å². The second kappa shape index (κ2) is 7.92. The van der Waals surface area contributed by atoms with E-state index >= 15 is 0 Å². The molecule has 3 nitrogen and oxygen atoms in total. The fraction of sp³-hybridized carbons (Fsp3) is 0.524. The molecule has 30 heavy (non-hydrogen) atoms. The Kier molecular flexibility index (Phi) is 5.99. The Bertz CT molecular complexity index is 899. The van der Waals surface area contributed by atoms with E-state index in [1.807, 2.05) is 0 Å². The molecule has 1 saturated carbocycles. The lowest BCUT2D eigenvalue weighted by atomic mass is 9.87. The summed E-state index contributed by atoms with van der Waals surface area (Å²) in [6.07, 6.45) is -9.97. The van der Waals surface area contributed by atoms with Crippen molar-refractivity contribution in [1.29, 1.82) is 0 Å². The van der Waals surface area contributed by atoms with Crippen molar-refractivity contribution in [3.63, 3.8) is 0 Å². The minimum absolute atomic E-state index is 0.0421. The minimum Gasteiger partial charge on any atom is -0.490 e. The van der Waals surface area contributed by atoms with Crippen molar-refractivity contribution in [2.75, 3.05) is 6.61 Å². The summed E-state index contributed by atoms with van der Waals surface area (Å²) in [6, 6.07) is 6.84. The maximum Gasteiger partial charge on any atom is 0.420 e. The molecule has 0 bridgehead atoms. The number of nitrogens with two attached hydrogens (primary N) is 1. The van der Waals surface area contributed by atoms with Crippen LogP contribution < -0.4 is 10.5 Å². The van der Waals surface area contributed by atoms with Crippen LogP contribution >= 0.6 is 0 Å². The summed E-state index contributed by atoms with van der Waals surface area (Å²) in [5.74, 6) is -1.83. The molecule has 3 rings (SSSR count). The van der Waals surface area contributed by atoms with Crippen LogP contribution in [0.15, 0.2) is 30.3 Å². The first-order valence-electron chi connectivity index (χ1n) is 9.60. The molecule has 0 unspecified atom stereocenters. The number of aliphatic hydroxyl groups is 1. The van der Waals surface area contributed by atoms with E-state index < -0.39 is 41.2 Å². The van der Waals surface area contributed by atoms with Crippen LogP contribution in [0.4, 0.5) is 26.3 Å². The zero-order valence-corrected chi connectivity index (χ0v) is 16.3. The summed E-state index contributed by atoms with van der Waals surface area (Å²) in [5, 5.41) is 9.58. The van der Waals surface area contributed by atoms with Gasteiger partial charge >= 0.3 is 12.4 Å². The van der Waals surface area contributed by atoms with Crippen LogP contribution in [0.5, 0.6) is 5.75 Å². The van der Waals surface area contributed by atoms with E-state index in [1.165, 1.54) is 30.3 Å². The molecule has 1 aliphatic rings. The van der Waals surface area contributed by atoms with Gasteiger partial charge < -0.3 is 15.6 Å². The molecular weight excluding hydrogens is 412 g/mol. The molecule has 1 atom stereocenters. The van der Waals surface area contributed by atoms with E-state index in [-0.39, 0.29) is 43.1 Å². The normalized spacial score (nSPS) is 22.7. The quantitative estimate of drug-likeness (QED) is 0.622. The Morgan fingerprint density at radius 1 is 1.00 bits per heavy atom. The maximum atomic E-state index is 13.9. The van der Waals surface area contributed by atoms with Crippen LogP contribution in [0, 0.1) is 5.92 Å². The van der Waals surface area contributed by atoms with Crippen molar-refractivity contribution in [3.8, 4) is 5.75 Å². The molecule has 3 N–H and O–H groups in total. The third-order valence-corrected chi connectivity index (χ3v) is 5.68. The number of halogens is 6. The number of fused-ring (bicyclic) bond motifs is 1. The Morgan fingerprint density at radius 2 is 1.63 bits per heavy atom. The van der Waals surface area contributed by atoms with E-state index in [1.54, 1.807) is 6.92 Å². The van der Waals surface area contributed by atoms with Crippen molar-refractivity contribution in [1.82, 2.24) is 0 Å². The van der Waals surface area contributed by atoms with Crippen molar-refractivity contribution in [2.45, 2.75) is 56.6 Å². The largest absolute Gasteiger partial charge is 0.490 e. The average molecular weight is 435 g/mol. The number of aliphatic hydroxyl groups excluding tert-OH is 1. The first-order valence-corrected chi connectivity index (χ1v) is 9.60. The summed E-state index contributed by atoms with van der Waals surface area (Å²) in [6.45, 7) is 1.18. The fourth-order valence-electron chi connectivity index (χ4n) is 3.83. The molecule has 1 fully saturated rings. The fourth-order valence-corrected chi connectivity index (χ4v) is 3.83. The van der Waals surface area contributed by atoms with Crippen LogP contribution in [0.25, 0.3) is 10.8 Å². The lowest BCUT2D eigenvalue weighted by Crippen LogP contribution is -2.36. The third kappa shape index (κ3) is 4.67. The number of benzene rings is 2. The van der Waals surface area contributed by atoms with Crippen LogP contribution in [-0.2, 0) is 11.7 Å². The molecule has 0 aromatic heterocycles. The van der Waals surface area contributed by atoms with Gasteiger partial charge in [0, 0.05) is 0 Å². The van der Waals surface area contributed by atoms with Gasteiger partial charge in [-0.3, -0.25) is 0 Å². The van der Waals surface area contributed by atoms with Crippen LogP contribution in [0.3, 0.4) is 0 Å². The number of alkyl halides is 6. The van der Waals surface area contributed by atoms with Gasteiger partial charge in [0.25, 0.3) is 0 Å². The van der Waals surface area contributed by atoms with Crippen molar-refractivity contribution in [2.24, 2.45) is 11.7 Å². The van der Waals surface area contributed by atoms with E-state index in [0.717, 1.165) is 0 Å². The summed E-state index contributed by atoms with van der Waals surface area (Å²) >= 11 is 0. The van der Waals surface area contributed by atoms with Crippen LogP contribution in [0.2, 0.25) is 0 Å². The van der Waals surface area contributed by atoms with E-state index in [4.69, 9.17) is 10.5 Å². The van der Waals surface area contributed by atoms with Crippen molar-refractivity contribution in [3.05, 3.63) is 41.5 Å². The van der Waals surface area contributed by atoms with Gasteiger partial charge in [-0.2, -0.15) is 26.3 Å².